The van der Waals surface area contributed by atoms with Crippen molar-refractivity contribution in [3.63, 3.8) is 0 Å². The molecule has 29 heavy (non-hydrogen) atoms. The zero-order chi connectivity index (χ0) is 20.2. The van der Waals surface area contributed by atoms with Crippen LogP contribution in [0.1, 0.15) is 57.2 Å². The first kappa shape index (κ1) is 19.9. The molecular formula is C26H33N3. The SMILES string of the molecule is CC1/C=C\C(=NCC2C=CC(=N)c3[nH]ccc3CC2)C2=C(CC1)C(C)CC=CC2. The highest BCUT2D eigenvalue weighted by molar-refractivity contribution is 6.09. The molecule has 2 N–H and O–H groups in total. The number of rotatable bonds is 2. The van der Waals surface area contributed by atoms with E-state index in [0.717, 1.165) is 37.9 Å². The molecule has 3 unspecified atom stereocenters. The van der Waals surface area contributed by atoms with Crippen LogP contribution in [-0.4, -0.2) is 23.0 Å². The Hall–Kier alpha value is -2.42. The van der Waals surface area contributed by atoms with Gasteiger partial charge in [-0.2, -0.15) is 0 Å². The van der Waals surface area contributed by atoms with Gasteiger partial charge < -0.3 is 4.98 Å². The van der Waals surface area contributed by atoms with E-state index in [-0.39, 0.29) is 0 Å². The molecule has 152 valence electrons. The van der Waals surface area contributed by atoms with E-state index >= 15 is 0 Å². The average molecular weight is 388 g/mol. The van der Waals surface area contributed by atoms with Gasteiger partial charge in [-0.15, -0.1) is 0 Å². The highest BCUT2D eigenvalue weighted by atomic mass is 14.7. The van der Waals surface area contributed by atoms with Gasteiger partial charge in [0.1, 0.15) is 0 Å². The largest absolute Gasteiger partial charge is 0.360 e. The Kier molecular flexibility index (Phi) is 6.13. The molecule has 1 aromatic rings. The Balaban J connectivity index is 1.58. The number of aromatic amines is 1. The van der Waals surface area contributed by atoms with Crippen molar-refractivity contribution >= 4 is 11.4 Å². The van der Waals surface area contributed by atoms with Crippen molar-refractivity contribution in [1.82, 2.24) is 4.98 Å². The number of nitrogens with one attached hydrogen (secondary N) is 2. The summed E-state index contributed by atoms with van der Waals surface area (Å²) in [5.74, 6) is 1.60. The molecule has 4 rings (SSSR count). The molecule has 0 spiro atoms. The van der Waals surface area contributed by atoms with Gasteiger partial charge in [0.15, 0.2) is 0 Å². The van der Waals surface area contributed by atoms with Gasteiger partial charge in [0.25, 0.3) is 0 Å². The number of nitrogens with zero attached hydrogens (tertiary/aromatic N) is 1. The van der Waals surface area contributed by atoms with Crippen LogP contribution in [0, 0.1) is 23.2 Å². The van der Waals surface area contributed by atoms with Crippen molar-refractivity contribution in [3.05, 3.63) is 71.1 Å². The molecule has 0 saturated heterocycles. The second-order valence-electron chi connectivity index (χ2n) is 8.87. The van der Waals surface area contributed by atoms with Crippen LogP contribution in [0.2, 0.25) is 0 Å². The third-order valence-electron chi connectivity index (χ3n) is 6.64. The molecular weight excluding hydrogens is 354 g/mol. The van der Waals surface area contributed by atoms with Gasteiger partial charge in [0.2, 0.25) is 0 Å². The van der Waals surface area contributed by atoms with E-state index in [0.29, 0.717) is 23.5 Å². The predicted molar refractivity (Wildman–Crippen MR) is 123 cm³/mol. The van der Waals surface area contributed by atoms with Gasteiger partial charge in [-0.05, 0) is 85.6 Å². The quantitative estimate of drug-likeness (QED) is 0.567. The second kappa shape index (κ2) is 8.94. The summed E-state index contributed by atoms with van der Waals surface area (Å²) in [4.78, 5) is 8.36. The number of H-pyrrole nitrogens is 1. The molecule has 3 atom stereocenters. The monoisotopic (exact) mass is 387 g/mol. The van der Waals surface area contributed by atoms with E-state index in [4.69, 9.17) is 10.4 Å². The van der Waals surface area contributed by atoms with Crippen LogP contribution >= 0.6 is 0 Å². The van der Waals surface area contributed by atoms with Gasteiger partial charge in [-0.1, -0.05) is 43.7 Å². The van der Waals surface area contributed by atoms with Crippen LogP contribution in [0.25, 0.3) is 0 Å². The van der Waals surface area contributed by atoms with E-state index in [9.17, 15) is 0 Å². The van der Waals surface area contributed by atoms with Gasteiger partial charge in [-0.3, -0.25) is 10.4 Å². The Bertz CT molecular complexity index is 906. The van der Waals surface area contributed by atoms with Crippen LogP contribution in [0.4, 0.5) is 0 Å². The van der Waals surface area contributed by atoms with E-state index in [1.165, 1.54) is 29.7 Å². The molecule has 0 saturated carbocycles. The maximum atomic E-state index is 8.31. The molecule has 0 amide bonds. The number of aliphatic imine (C=N–C) groups is 1. The zero-order valence-electron chi connectivity index (χ0n) is 17.7. The molecule has 3 nitrogen and oxygen atoms in total. The molecule has 1 heterocycles. The smallest absolute Gasteiger partial charge is 0.0774 e. The molecule has 0 radical (unpaired) electrons. The summed E-state index contributed by atoms with van der Waals surface area (Å²) in [5.41, 5.74) is 7.08. The van der Waals surface area contributed by atoms with Crippen molar-refractivity contribution < 1.29 is 0 Å². The maximum absolute atomic E-state index is 8.31. The van der Waals surface area contributed by atoms with E-state index < -0.39 is 0 Å². The highest BCUT2D eigenvalue weighted by Gasteiger charge is 2.21. The first-order valence-corrected chi connectivity index (χ1v) is 11.1. The van der Waals surface area contributed by atoms with E-state index in [1.807, 2.05) is 12.3 Å². The summed E-state index contributed by atoms with van der Waals surface area (Å²) >= 11 is 0. The number of allylic oxidation sites excluding steroid dienone is 7. The zero-order valence-corrected chi connectivity index (χ0v) is 17.7. The van der Waals surface area contributed by atoms with E-state index in [1.54, 1.807) is 5.57 Å². The first-order chi connectivity index (χ1) is 14.1. The van der Waals surface area contributed by atoms with Crippen molar-refractivity contribution in [3.8, 4) is 0 Å². The lowest BCUT2D eigenvalue weighted by Gasteiger charge is -2.23. The molecule has 0 aromatic carbocycles. The third-order valence-corrected chi connectivity index (χ3v) is 6.64. The summed E-state index contributed by atoms with van der Waals surface area (Å²) in [5, 5.41) is 8.31. The number of hydrogen-bond donors (Lipinski definition) is 2. The topological polar surface area (TPSA) is 52.0 Å². The predicted octanol–water partition coefficient (Wildman–Crippen LogP) is 6.21. The van der Waals surface area contributed by atoms with Crippen molar-refractivity contribution in [2.75, 3.05) is 6.54 Å². The van der Waals surface area contributed by atoms with Crippen LogP contribution in [-0.2, 0) is 6.42 Å². The van der Waals surface area contributed by atoms with Crippen LogP contribution in [0.15, 0.2) is 64.9 Å². The average Bonchev–Trinajstić information content (AvgIpc) is 3.08. The summed E-state index contributed by atoms with van der Waals surface area (Å²) in [6, 6.07) is 2.11. The normalized spacial score (nSPS) is 30.1. The Labute approximate surface area is 174 Å². The number of aromatic nitrogens is 1. The lowest BCUT2D eigenvalue weighted by atomic mass is 9.84. The first-order valence-electron chi connectivity index (χ1n) is 11.1. The summed E-state index contributed by atoms with van der Waals surface area (Å²) in [6.07, 6.45) is 22.1. The minimum absolute atomic E-state index is 0.380. The molecule has 3 aliphatic carbocycles. The van der Waals surface area contributed by atoms with Gasteiger partial charge in [-0.25, -0.2) is 0 Å². The van der Waals surface area contributed by atoms with Crippen LogP contribution in [0.3, 0.4) is 0 Å². The fourth-order valence-electron chi connectivity index (χ4n) is 4.70. The Morgan fingerprint density at radius 3 is 2.90 bits per heavy atom. The van der Waals surface area contributed by atoms with E-state index in [2.05, 4.69) is 55.3 Å². The van der Waals surface area contributed by atoms with Gasteiger partial charge >= 0.3 is 0 Å². The van der Waals surface area contributed by atoms with Crippen LogP contribution < -0.4 is 0 Å². The second-order valence-corrected chi connectivity index (χ2v) is 8.87. The molecule has 0 aliphatic heterocycles. The third kappa shape index (κ3) is 4.60. The number of hydrogen-bond acceptors (Lipinski definition) is 2. The van der Waals surface area contributed by atoms with Gasteiger partial charge in [0.05, 0.1) is 17.1 Å². The van der Waals surface area contributed by atoms with Crippen LogP contribution in [0.5, 0.6) is 0 Å². The lowest BCUT2D eigenvalue weighted by Crippen LogP contribution is -2.14. The fourth-order valence-corrected chi connectivity index (χ4v) is 4.70. The minimum Gasteiger partial charge on any atom is -0.360 e. The highest BCUT2D eigenvalue weighted by Crippen LogP contribution is 2.33. The molecule has 0 bridgehead atoms. The summed E-state index contributed by atoms with van der Waals surface area (Å²) in [6.45, 7) is 5.49. The molecule has 0 fully saturated rings. The Morgan fingerprint density at radius 2 is 2.00 bits per heavy atom. The van der Waals surface area contributed by atoms with Crippen molar-refractivity contribution in [2.24, 2.45) is 22.7 Å². The minimum atomic E-state index is 0.380. The number of fused-ring (bicyclic) bond motifs is 1. The number of aryl methyl sites for hydroxylation is 1. The summed E-state index contributed by atoms with van der Waals surface area (Å²) in [7, 11) is 0. The molecule has 3 aliphatic rings. The van der Waals surface area contributed by atoms with Gasteiger partial charge in [0, 0.05) is 12.7 Å². The lowest BCUT2D eigenvalue weighted by molar-refractivity contribution is 0.580. The molecule has 1 aromatic heterocycles. The maximum Gasteiger partial charge on any atom is 0.0774 e. The van der Waals surface area contributed by atoms with Crippen molar-refractivity contribution in [2.45, 2.75) is 52.4 Å². The molecule has 3 heteroatoms. The summed E-state index contributed by atoms with van der Waals surface area (Å²) < 4.78 is 0. The fraction of sp³-hybridized carbons (Fsp3) is 0.462. The van der Waals surface area contributed by atoms with Crippen molar-refractivity contribution in [1.29, 1.82) is 5.41 Å². The Morgan fingerprint density at radius 1 is 1.10 bits per heavy atom. The standard InChI is InChI=1S/C26H33N3/c1-18-7-12-22-19(2)5-3-4-6-23(22)25(14-8-18)29-17-20-9-11-21-15-16-28-26(21)24(27)13-10-20/h3-4,8,10,13-16,18-20,27-28H,5-7,9,11-12,17H2,1-2H3/b13-10?,14-8-,27-24?,29-25?.